The predicted molar refractivity (Wildman–Crippen MR) is 61.7 cm³/mol. The highest BCUT2D eigenvalue weighted by atomic mass is 32.2. The highest BCUT2D eigenvalue weighted by molar-refractivity contribution is 8.00. The number of hydrogen-bond donors (Lipinski definition) is 2. The lowest BCUT2D eigenvalue weighted by Crippen LogP contribution is -2.44. The minimum Gasteiger partial charge on any atom is -0.392 e. The van der Waals surface area contributed by atoms with Crippen LogP contribution in [0.2, 0.25) is 0 Å². The van der Waals surface area contributed by atoms with Gasteiger partial charge in [-0.25, -0.2) is 0 Å². The predicted octanol–water partition coefficient (Wildman–Crippen LogP) is 1.78. The first-order valence-electron chi connectivity index (χ1n) is 5.72. The topological polar surface area (TPSA) is 32.3 Å². The first-order chi connectivity index (χ1) is 6.76. The van der Waals surface area contributed by atoms with Crippen LogP contribution in [0.4, 0.5) is 0 Å². The fourth-order valence-corrected chi connectivity index (χ4v) is 3.00. The number of aliphatic hydroxyl groups is 1. The molecule has 2 aliphatic rings. The van der Waals surface area contributed by atoms with Crippen LogP contribution in [0, 0.1) is 0 Å². The molecule has 2 nitrogen and oxygen atoms in total. The summed E-state index contributed by atoms with van der Waals surface area (Å²) in [6, 6.07) is 0.369. The maximum atomic E-state index is 9.79. The molecule has 2 saturated carbocycles. The van der Waals surface area contributed by atoms with Gasteiger partial charge in [-0.2, -0.15) is 11.8 Å². The third-order valence-corrected chi connectivity index (χ3v) is 5.08. The molecule has 3 heteroatoms. The lowest BCUT2D eigenvalue weighted by atomic mass is 9.92. The molecule has 2 unspecified atom stereocenters. The van der Waals surface area contributed by atoms with Crippen molar-refractivity contribution in [3.05, 3.63) is 0 Å². The Hall–Kier alpha value is 0.270. The van der Waals surface area contributed by atoms with E-state index in [0.29, 0.717) is 10.8 Å². The lowest BCUT2D eigenvalue weighted by molar-refractivity contribution is 0.0910. The van der Waals surface area contributed by atoms with Crippen LogP contribution in [-0.2, 0) is 0 Å². The van der Waals surface area contributed by atoms with E-state index in [1.807, 2.05) is 11.8 Å². The number of hydrogen-bond acceptors (Lipinski definition) is 3. The quantitative estimate of drug-likeness (QED) is 0.750. The Morgan fingerprint density at radius 3 is 2.64 bits per heavy atom. The molecule has 0 bridgehead atoms. The summed E-state index contributed by atoms with van der Waals surface area (Å²) in [6.07, 6.45) is 9.44. The van der Waals surface area contributed by atoms with Crippen LogP contribution in [0.25, 0.3) is 0 Å². The molecular weight excluding hydrogens is 194 g/mol. The zero-order chi connectivity index (χ0) is 10.0. The fraction of sp³-hybridized carbons (Fsp3) is 1.00. The molecule has 2 rings (SSSR count). The number of thioether (sulfide) groups is 1. The van der Waals surface area contributed by atoms with Gasteiger partial charge in [0.2, 0.25) is 0 Å². The van der Waals surface area contributed by atoms with E-state index in [1.54, 1.807) is 0 Å². The van der Waals surface area contributed by atoms with Crippen molar-refractivity contribution in [3.63, 3.8) is 0 Å². The normalized spacial score (nSPS) is 35.6. The first kappa shape index (κ1) is 10.8. The summed E-state index contributed by atoms with van der Waals surface area (Å²) >= 11 is 1.98. The first-order valence-corrected chi connectivity index (χ1v) is 6.95. The van der Waals surface area contributed by atoms with Crippen molar-refractivity contribution >= 4 is 11.8 Å². The van der Waals surface area contributed by atoms with E-state index in [1.165, 1.54) is 25.7 Å². The number of nitrogens with one attached hydrogen (secondary N) is 1. The summed E-state index contributed by atoms with van der Waals surface area (Å²) < 4.78 is 0.525. The molecule has 0 saturated heterocycles. The zero-order valence-electron chi connectivity index (χ0n) is 8.96. The van der Waals surface area contributed by atoms with Crippen molar-refractivity contribution in [1.82, 2.24) is 5.32 Å². The molecule has 0 spiro atoms. The third kappa shape index (κ3) is 2.44. The summed E-state index contributed by atoms with van der Waals surface area (Å²) in [7, 11) is 0. The van der Waals surface area contributed by atoms with Gasteiger partial charge < -0.3 is 10.4 Å². The largest absolute Gasteiger partial charge is 0.392 e. The fourth-order valence-electron chi connectivity index (χ4n) is 2.26. The molecule has 14 heavy (non-hydrogen) atoms. The summed E-state index contributed by atoms with van der Waals surface area (Å²) in [5, 5.41) is 13.3. The zero-order valence-corrected chi connectivity index (χ0v) is 9.78. The smallest absolute Gasteiger partial charge is 0.0693 e. The van der Waals surface area contributed by atoms with Crippen molar-refractivity contribution < 1.29 is 5.11 Å². The van der Waals surface area contributed by atoms with E-state index < -0.39 is 0 Å². The van der Waals surface area contributed by atoms with Crippen LogP contribution in [0.15, 0.2) is 0 Å². The van der Waals surface area contributed by atoms with Gasteiger partial charge in [-0.1, -0.05) is 12.8 Å². The molecule has 0 radical (unpaired) electrons. The van der Waals surface area contributed by atoms with Crippen molar-refractivity contribution in [2.24, 2.45) is 0 Å². The van der Waals surface area contributed by atoms with E-state index in [0.717, 1.165) is 19.4 Å². The molecule has 0 aromatic rings. The van der Waals surface area contributed by atoms with Crippen molar-refractivity contribution in [2.45, 2.75) is 55.4 Å². The van der Waals surface area contributed by atoms with Gasteiger partial charge in [-0.15, -0.1) is 0 Å². The SMILES string of the molecule is CSC1(CNC2CCCCC2O)CC1. The molecule has 0 amide bonds. The second-order valence-corrected chi connectivity index (χ2v) is 6.00. The molecule has 2 fully saturated rings. The highest BCUT2D eigenvalue weighted by Crippen LogP contribution is 2.46. The monoisotopic (exact) mass is 215 g/mol. The van der Waals surface area contributed by atoms with Crippen LogP contribution < -0.4 is 5.32 Å². The van der Waals surface area contributed by atoms with E-state index in [2.05, 4.69) is 11.6 Å². The van der Waals surface area contributed by atoms with Crippen LogP contribution in [0.1, 0.15) is 38.5 Å². The second kappa shape index (κ2) is 4.42. The van der Waals surface area contributed by atoms with Crippen LogP contribution in [-0.4, -0.2) is 34.8 Å². The average molecular weight is 215 g/mol. The summed E-state index contributed by atoms with van der Waals surface area (Å²) in [6.45, 7) is 1.09. The van der Waals surface area contributed by atoms with E-state index in [4.69, 9.17) is 0 Å². The Balaban J connectivity index is 1.73. The van der Waals surface area contributed by atoms with Gasteiger partial charge in [0.1, 0.15) is 0 Å². The van der Waals surface area contributed by atoms with Gasteiger partial charge in [0.05, 0.1) is 6.10 Å². The average Bonchev–Trinajstić information content (AvgIpc) is 2.98. The Morgan fingerprint density at radius 1 is 1.36 bits per heavy atom. The van der Waals surface area contributed by atoms with Gasteiger partial charge in [-0.05, 0) is 31.9 Å². The maximum absolute atomic E-state index is 9.79. The van der Waals surface area contributed by atoms with E-state index in [-0.39, 0.29) is 6.10 Å². The van der Waals surface area contributed by atoms with E-state index >= 15 is 0 Å². The standard InChI is InChI=1S/C11H21NOS/c1-14-11(6-7-11)8-12-9-4-2-3-5-10(9)13/h9-10,12-13H,2-8H2,1H3. The molecule has 0 heterocycles. The Bertz CT molecular complexity index is 194. The molecule has 0 aromatic heterocycles. The molecule has 2 aliphatic carbocycles. The molecule has 2 atom stereocenters. The summed E-state index contributed by atoms with van der Waals surface area (Å²) in [5.74, 6) is 0. The molecule has 82 valence electrons. The Morgan fingerprint density at radius 2 is 2.07 bits per heavy atom. The minimum atomic E-state index is -0.0959. The van der Waals surface area contributed by atoms with Crippen LogP contribution >= 0.6 is 11.8 Å². The lowest BCUT2D eigenvalue weighted by Gasteiger charge is -2.29. The Kier molecular flexibility index (Phi) is 3.40. The summed E-state index contributed by atoms with van der Waals surface area (Å²) in [4.78, 5) is 0. The molecular formula is C11H21NOS. The van der Waals surface area contributed by atoms with Gasteiger partial charge in [-0.3, -0.25) is 0 Å². The number of rotatable bonds is 4. The van der Waals surface area contributed by atoms with E-state index in [9.17, 15) is 5.11 Å². The molecule has 0 aliphatic heterocycles. The van der Waals surface area contributed by atoms with Crippen molar-refractivity contribution in [1.29, 1.82) is 0 Å². The Labute approximate surface area is 90.8 Å². The van der Waals surface area contributed by atoms with Gasteiger partial charge in [0, 0.05) is 17.3 Å². The maximum Gasteiger partial charge on any atom is 0.0693 e. The minimum absolute atomic E-state index is 0.0959. The molecule has 0 aromatic carbocycles. The summed E-state index contributed by atoms with van der Waals surface area (Å²) in [5.41, 5.74) is 0. The van der Waals surface area contributed by atoms with Crippen LogP contribution in [0.3, 0.4) is 0 Å². The second-order valence-electron chi connectivity index (χ2n) is 4.73. The van der Waals surface area contributed by atoms with Gasteiger partial charge in [0.25, 0.3) is 0 Å². The number of aliphatic hydroxyl groups excluding tert-OH is 1. The third-order valence-electron chi connectivity index (χ3n) is 3.66. The van der Waals surface area contributed by atoms with Gasteiger partial charge in [0.15, 0.2) is 0 Å². The van der Waals surface area contributed by atoms with Crippen molar-refractivity contribution in [3.8, 4) is 0 Å². The highest BCUT2D eigenvalue weighted by Gasteiger charge is 2.42. The molecule has 2 N–H and O–H groups in total. The van der Waals surface area contributed by atoms with Crippen LogP contribution in [0.5, 0.6) is 0 Å². The van der Waals surface area contributed by atoms with Gasteiger partial charge >= 0.3 is 0 Å². The van der Waals surface area contributed by atoms with Crippen molar-refractivity contribution in [2.75, 3.05) is 12.8 Å².